The van der Waals surface area contributed by atoms with E-state index in [9.17, 15) is 0 Å². The summed E-state index contributed by atoms with van der Waals surface area (Å²) < 4.78 is 0. The summed E-state index contributed by atoms with van der Waals surface area (Å²) in [7, 11) is 0. The van der Waals surface area contributed by atoms with Crippen LogP contribution in [0, 0.1) is 36.4 Å². The van der Waals surface area contributed by atoms with Crippen LogP contribution in [0.2, 0.25) is 0 Å². The molecule has 0 aliphatic heterocycles. The molecule has 0 aliphatic carbocycles. The third kappa shape index (κ3) is 15.7. The smallest absolute Gasteiger partial charge is 0.305 e. The van der Waals surface area contributed by atoms with E-state index in [1.807, 2.05) is 104 Å². The van der Waals surface area contributed by atoms with Gasteiger partial charge in [-0.25, -0.2) is 0 Å². The molecule has 116 heavy (non-hydrogen) atoms. The molecule has 19 aromatic rings. The van der Waals surface area contributed by atoms with Gasteiger partial charge in [0.2, 0.25) is 0 Å². The van der Waals surface area contributed by atoms with Crippen molar-refractivity contribution in [3.8, 4) is 201 Å². The third-order valence-electron chi connectivity index (χ3n) is 21.0. The fourth-order valence-electron chi connectivity index (χ4n) is 15.4. The summed E-state index contributed by atoms with van der Waals surface area (Å²) >= 11 is 0. The van der Waals surface area contributed by atoms with Gasteiger partial charge in [0.25, 0.3) is 0 Å². The van der Waals surface area contributed by atoms with Crippen LogP contribution in [0.3, 0.4) is 0 Å². The molecule has 5 aromatic heterocycles. The molecule has 0 N–H and O–H groups in total. The van der Waals surface area contributed by atoms with Crippen LogP contribution in [0.4, 0.5) is 0 Å². The van der Waals surface area contributed by atoms with Gasteiger partial charge in [-0.1, -0.05) is 267 Å². The van der Waals surface area contributed by atoms with Crippen molar-refractivity contribution in [1.82, 2.24) is 29.9 Å². The zero-order chi connectivity index (χ0) is 75.9. The molecule has 19 rings (SSSR count). The van der Waals surface area contributed by atoms with Gasteiger partial charge in [0.15, 0.2) is 0 Å². The largest absolute Gasteiger partial charge is 3.00 e. The number of hydrogen-bond donors (Lipinski definition) is 0. The van der Waals surface area contributed by atoms with Crippen LogP contribution < -0.4 is 0 Å². The Labute approximate surface area is 703 Å². The average Bonchev–Trinajstić information content (AvgIpc) is 0.768. The fourth-order valence-corrected chi connectivity index (χ4v) is 15.4. The van der Waals surface area contributed by atoms with Crippen LogP contribution >= 0.6 is 0 Å². The zero-order valence-corrected chi connectivity index (χ0v) is 67.2. The predicted molar refractivity (Wildman–Crippen MR) is 464 cm³/mol. The van der Waals surface area contributed by atoms with Crippen molar-refractivity contribution in [3.05, 3.63) is 438 Å². The second-order valence-electron chi connectivity index (χ2n) is 28.0. The maximum absolute atomic E-state index is 4.84. The molecule has 6 nitrogen and oxygen atoms in total. The molecule has 0 amide bonds. The van der Waals surface area contributed by atoms with E-state index in [1.165, 1.54) is 0 Å². The van der Waals surface area contributed by atoms with Crippen LogP contribution in [0.5, 0.6) is 0 Å². The van der Waals surface area contributed by atoms with Crippen LogP contribution in [0.25, 0.3) is 201 Å². The normalized spacial score (nSPS) is 11.0. The van der Waals surface area contributed by atoms with Crippen molar-refractivity contribution >= 4 is 0 Å². The molecule has 5 heterocycles. The van der Waals surface area contributed by atoms with Crippen LogP contribution in [-0.4, -0.2) is 29.9 Å². The average molecular weight is 1830 g/mol. The molecular weight excluding hydrogens is 1770 g/mol. The second-order valence-corrected chi connectivity index (χ2v) is 28.0. The molecule has 0 saturated heterocycles. The monoisotopic (exact) mass is 1830 g/mol. The number of hydrogen-bond acceptors (Lipinski definition) is 6. The first kappa shape index (κ1) is 74.8. The number of aromatic nitrogens is 6. The minimum Gasteiger partial charge on any atom is -0.305 e. The Hall–Kier alpha value is -13.9. The Morgan fingerprint density at radius 2 is 0.319 bits per heavy atom. The number of rotatable bonds is 18. The molecule has 0 unspecified atom stereocenters. The Bertz CT molecular complexity index is 5950. The molecule has 0 radical (unpaired) electrons. The van der Waals surface area contributed by atoms with Crippen molar-refractivity contribution in [2.24, 2.45) is 0 Å². The van der Waals surface area contributed by atoms with Crippen molar-refractivity contribution in [1.29, 1.82) is 0 Å². The Kier molecular flexibility index (Phi) is 22.0. The molecular formula is C108H66Ir2N6. The van der Waals surface area contributed by atoms with E-state index in [2.05, 4.69) is 348 Å². The first-order valence-electron chi connectivity index (χ1n) is 38.0. The van der Waals surface area contributed by atoms with E-state index in [4.69, 9.17) is 9.97 Å². The quantitative estimate of drug-likeness (QED) is 0.0797. The fraction of sp³-hybridized carbons (Fsp3) is 0. The Balaban J connectivity index is 0.00000484. The summed E-state index contributed by atoms with van der Waals surface area (Å²) in [6, 6.07) is 152. The van der Waals surface area contributed by atoms with Gasteiger partial charge in [0, 0.05) is 24.8 Å². The summed E-state index contributed by atoms with van der Waals surface area (Å²) in [5.74, 6) is 0. The molecule has 546 valence electrons. The van der Waals surface area contributed by atoms with Crippen LogP contribution in [0.1, 0.15) is 0 Å². The van der Waals surface area contributed by atoms with Crippen molar-refractivity contribution in [2.75, 3.05) is 0 Å². The van der Waals surface area contributed by atoms with Crippen molar-refractivity contribution < 1.29 is 40.2 Å². The van der Waals surface area contributed by atoms with Gasteiger partial charge < -0.3 is 19.9 Å². The summed E-state index contributed by atoms with van der Waals surface area (Å²) in [5, 5.41) is 0. The third-order valence-corrected chi connectivity index (χ3v) is 21.0. The van der Waals surface area contributed by atoms with E-state index in [0.717, 1.165) is 201 Å². The van der Waals surface area contributed by atoms with Gasteiger partial charge in [0.05, 0.1) is 6.33 Å². The van der Waals surface area contributed by atoms with Gasteiger partial charge in [-0.2, -0.15) is 0 Å². The van der Waals surface area contributed by atoms with E-state index in [1.54, 1.807) is 6.33 Å². The number of pyridine rings is 4. The minimum atomic E-state index is 0. The first-order chi connectivity index (χ1) is 56.5. The topological polar surface area (TPSA) is 77.3 Å². The maximum atomic E-state index is 4.84. The second kappa shape index (κ2) is 34.2. The molecule has 0 bridgehead atoms. The van der Waals surface area contributed by atoms with Gasteiger partial charge in [-0.15, -0.1) is 179 Å². The molecule has 8 heteroatoms. The molecule has 14 aromatic carbocycles. The van der Waals surface area contributed by atoms with Gasteiger partial charge in [0.1, 0.15) is 0 Å². The molecule has 0 aliphatic rings. The SMILES string of the molecule is [Ir+3].[Ir+3].[c-]1cc(-c2ccccc2-c2cc(-c3ccccc3-c3c[c-]c(-c4ccccn4)cc3)cc(-c3ccccc3-c3c[c-]c(-c4cc(-c5[c-]cc(-c6ccccc6-c6cc(-c7ccccc7-c7c[c-]c(-c8ccccn8)cc7)cc(-c7ccccc7-c7c[c-]c(-c8ccccn8)cc7)c6)cc5)ncn4)cc3)c2)ccc1-c1ccccn1. The van der Waals surface area contributed by atoms with E-state index in [0.29, 0.717) is 0 Å². The van der Waals surface area contributed by atoms with E-state index < -0.39 is 0 Å². The van der Waals surface area contributed by atoms with Gasteiger partial charge in [-0.3, -0.25) is 9.97 Å². The molecule has 0 spiro atoms. The maximum Gasteiger partial charge on any atom is 3.00 e. The number of nitrogens with zero attached hydrogens (tertiary/aromatic N) is 6. The summed E-state index contributed by atoms with van der Waals surface area (Å²) in [6.45, 7) is 0. The summed E-state index contributed by atoms with van der Waals surface area (Å²) in [5.41, 5.74) is 36.4. The zero-order valence-electron chi connectivity index (χ0n) is 62.5. The minimum absolute atomic E-state index is 0. The van der Waals surface area contributed by atoms with Crippen LogP contribution in [-0.2, 0) is 40.2 Å². The van der Waals surface area contributed by atoms with E-state index >= 15 is 0 Å². The Morgan fingerprint density at radius 3 is 0.483 bits per heavy atom. The number of benzene rings is 14. The molecule has 0 saturated carbocycles. The predicted octanol–water partition coefficient (Wildman–Crippen LogP) is 26.9. The molecule has 0 fully saturated rings. The molecule has 0 atom stereocenters. The van der Waals surface area contributed by atoms with Gasteiger partial charge in [-0.05, 0) is 162 Å². The van der Waals surface area contributed by atoms with Gasteiger partial charge >= 0.3 is 40.2 Å². The summed E-state index contributed by atoms with van der Waals surface area (Å²) in [6.07, 6.45) is 8.91. The van der Waals surface area contributed by atoms with Crippen molar-refractivity contribution in [3.63, 3.8) is 0 Å². The summed E-state index contributed by atoms with van der Waals surface area (Å²) in [4.78, 5) is 28.1. The standard InChI is InChI=1S/C108H66N6.2Ir/c1-7-27-97(91(21-1)73-37-49-79(50-38-73)103-33-13-17-61-109-103)85-65-86(98-28-8-2-22-92(98)74-39-51-80(52-40-74)104-34-14-18-62-110-104)68-89(67-85)101-31-11-5-25-95(101)77-45-57-83(58-46-77)107-71-108(114-72-113-107)84-59-47-78(48-60-84)96-26-6-12-32-102(96)90-69-87(99-29-9-3-23-93(99)75-41-53-81(54-42-75)105-35-15-19-63-111-105)66-88(70-90)100-30-10-4-24-94(100)76-43-55-82(56-44-76)106-36-16-20-64-112-106;;/h1-49,51,53,55,57,59,61-72H;;/q-6;2*+3. The first-order valence-corrected chi connectivity index (χ1v) is 38.0. The van der Waals surface area contributed by atoms with Crippen molar-refractivity contribution in [2.45, 2.75) is 0 Å². The van der Waals surface area contributed by atoms with E-state index in [-0.39, 0.29) is 40.2 Å². The van der Waals surface area contributed by atoms with Crippen LogP contribution in [0.15, 0.2) is 401 Å². The Morgan fingerprint density at radius 1 is 0.147 bits per heavy atom.